The van der Waals surface area contributed by atoms with Crippen LogP contribution in [0.15, 0.2) is 41.6 Å². The van der Waals surface area contributed by atoms with Crippen LogP contribution in [0.4, 0.5) is 0 Å². The van der Waals surface area contributed by atoms with Crippen molar-refractivity contribution >= 4 is 38.6 Å². The van der Waals surface area contributed by atoms with Gasteiger partial charge in [0.05, 0.1) is 28.4 Å². The van der Waals surface area contributed by atoms with Crippen molar-refractivity contribution in [2.75, 3.05) is 5.75 Å². The number of sulfone groups is 1. The molecule has 2 aromatic rings. The van der Waals surface area contributed by atoms with Crippen LogP contribution in [0.3, 0.4) is 0 Å². The summed E-state index contributed by atoms with van der Waals surface area (Å²) in [6, 6.07) is 6.19. The molecule has 0 unspecified atom stereocenters. The minimum Gasteiger partial charge on any atom is -0.389 e. The minimum atomic E-state index is -3.38. The van der Waals surface area contributed by atoms with Crippen LogP contribution >= 0.6 is 23.8 Å². The zero-order valence-electron chi connectivity index (χ0n) is 10.4. The summed E-state index contributed by atoms with van der Waals surface area (Å²) in [6.45, 7) is 0.242. The fraction of sp³-hybridized carbons (Fsp3) is 0.167. The highest BCUT2D eigenvalue weighted by atomic mass is 35.5. The summed E-state index contributed by atoms with van der Waals surface area (Å²) in [5.41, 5.74) is 6.10. The van der Waals surface area contributed by atoms with Gasteiger partial charge in [-0.1, -0.05) is 36.0 Å². The molecule has 106 valence electrons. The molecule has 8 heteroatoms. The Kier molecular flexibility index (Phi) is 4.42. The fourth-order valence-corrected chi connectivity index (χ4v) is 3.12. The molecule has 5 nitrogen and oxygen atoms in total. The van der Waals surface area contributed by atoms with Crippen molar-refractivity contribution < 1.29 is 8.42 Å². The number of aryl methyl sites for hydroxylation is 1. The van der Waals surface area contributed by atoms with Gasteiger partial charge in [0.1, 0.15) is 4.99 Å². The zero-order chi connectivity index (χ0) is 14.8. The molecule has 0 bridgehead atoms. The van der Waals surface area contributed by atoms with Gasteiger partial charge in [-0.05, 0) is 12.1 Å². The topological polar surface area (TPSA) is 78.0 Å². The van der Waals surface area contributed by atoms with Gasteiger partial charge in [0, 0.05) is 11.8 Å². The summed E-state index contributed by atoms with van der Waals surface area (Å²) in [7, 11) is -3.38. The highest BCUT2D eigenvalue weighted by Gasteiger charge is 2.15. The Hall–Kier alpha value is -1.44. The van der Waals surface area contributed by atoms with Crippen molar-refractivity contribution in [2.45, 2.75) is 11.4 Å². The third-order valence-corrected chi connectivity index (χ3v) is 4.83. The van der Waals surface area contributed by atoms with Crippen molar-refractivity contribution in [3.63, 3.8) is 0 Å². The van der Waals surface area contributed by atoms with Crippen molar-refractivity contribution in [1.82, 2.24) is 9.78 Å². The zero-order valence-corrected chi connectivity index (χ0v) is 12.7. The first-order valence-corrected chi connectivity index (χ1v) is 8.13. The van der Waals surface area contributed by atoms with Gasteiger partial charge in [-0.2, -0.15) is 5.10 Å². The second-order valence-electron chi connectivity index (χ2n) is 4.13. The molecule has 0 spiro atoms. The first-order chi connectivity index (χ1) is 9.38. The van der Waals surface area contributed by atoms with Crippen LogP contribution in [0, 0.1) is 0 Å². The van der Waals surface area contributed by atoms with Crippen LogP contribution in [-0.2, 0) is 16.4 Å². The normalized spacial score (nSPS) is 11.4. The molecule has 1 aromatic heterocycles. The third-order valence-electron chi connectivity index (χ3n) is 2.69. The molecule has 1 aromatic carbocycles. The second-order valence-corrected chi connectivity index (χ2v) is 7.11. The molecule has 0 aliphatic heterocycles. The molecule has 2 rings (SSSR count). The van der Waals surface area contributed by atoms with Gasteiger partial charge in [-0.25, -0.2) is 8.42 Å². The predicted octanol–water partition coefficient (Wildman–Crippen LogP) is 1.64. The first kappa shape index (κ1) is 15.0. The highest BCUT2D eigenvalue weighted by Crippen LogP contribution is 2.13. The van der Waals surface area contributed by atoms with E-state index in [-0.39, 0.29) is 22.2 Å². The molecule has 0 saturated heterocycles. The highest BCUT2D eigenvalue weighted by molar-refractivity contribution is 7.91. The van der Waals surface area contributed by atoms with Gasteiger partial charge in [-0.3, -0.25) is 4.68 Å². The van der Waals surface area contributed by atoms with E-state index in [0.717, 1.165) is 0 Å². The summed E-state index contributed by atoms with van der Waals surface area (Å²) >= 11 is 10.5. The number of nitrogens with two attached hydrogens (primary N) is 1. The van der Waals surface area contributed by atoms with E-state index in [9.17, 15) is 8.42 Å². The van der Waals surface area contributed by atoms with Gasteiger partial charge in [0.25, 0.3) is 0 Å². The molecule has 0 radical (unpaired) electrons. The number of aromatic nitrogens is 2. The number of nitrogens with zero attached hydrogens (tertiary/aromatic N) is 2. The summed E-state index contributed by atoms with van der Waals surface area (Å²) in [5.74, 6) is -0.0581. The molecule has 2 N–H and O–H groups in total. The lowest BCUT2D eigenvalue weighted by Gasteiger charge is -2.06. The van der Waals surface area contributed by atoms with E-state index >= 15 is 0 Å². The number of hydrogen-bond acceptors (Lipinski definition) is 4. The van der Waals surface area contributed by atoms with E-state index < -0.39 is 9.84 Å². The van der Waals surface area contributed by atoms with Crippen molar-refractivity contribution in [2.24, 2.45) is 5.73 Å². The first-order valence-electron chi connectivity index (χ1n) is 5.69. The van der Waals surface area contributed by atoms with Gasteiger partial charge in [0.15, 0.2) is 9.84 Å². The lowest BCUT2D eigenvalue weighted by molar-refractivity contribution is 0.580. The maximum absolute atomic E-state index is 12.2. The fourth-order valence-electron chi connectivity index (χ4n) is 1.62. The molecule has 1 heterocycles. The van der Waals surface area contributed by atoms with Crippen LogP contribution in [0.2, 0.25) is 5.02 Å². The molecule has 0 aliphatic carbocycles. The Morgan fingerprint density at radius 3 is 2.50 bits per heavy atom. The summed E-state index contributed by atoms with van der Waals surface area (Å²) in [6.07, 6.45) is 3.04. The Morgan fingerprint density at radius 1 is 1.35 bits per heavy atom. The third kappa shape index (κ3) is 3.56. The van der Waals surface area contributed by atoms with Gasteiger partial charge in [-0.15, -0.1) is 0 Å². The van der Waals surface area contributed by atoms with E-state index in [4.69, 9.17) is 29.6 Å². The van der Waals surface area contributed by atoms with Gasteiger partial charge in [0.2, 0.25) is 0 Å². The van der Waals surface area contributed by atoms with E-state index in [0.29, 0.717) is 10.6 Å². The Balaban J connectivity index is 2.11. The average Bonchev–Trinajstić information content (AvgIpc) is 2.82. The number of halogens is 1. The average molecular weight is 330 g/mol. The summed E-state index contributed by atoms with van der Waals surface area (Å²) < 4.78 is 25.8. The standard InChI is InChI=1S/C12H12ClN3O2S2/c13-10-7-15-16(8-10)5-6-20(17,18)11-3-1-9(2-4-11)12(14)19/h1-4,7-8H,5-6H2,(H2,14,19). The minimum absolute atomic E-state index is 0.0581. The Bertz CT molecular complexity index is 723. The molecule has 0 atom stereocenters. The predicted molar refractivity (Wildman–Crippen MR) is 81.6 cm³/mol. The van der Waals surface area contributed by atoms with E-state index in [1.165, 1.54) is 23.0 Å². The number of thiocarbonyl (C=S) groups is 1. The quantitative estimate of drug-likeness (QED) is 0.844. The summed E-state index contributed by atoms with van der Waals surface area (Å²) in [5, 5.41) is 4.41. The Morgan fingerprint density at radius 2 is 2.00 bits per heavy atom. The van der Waals surface area contributed by atoms with Crippen LogP contribution in [0.1, 0.15) is 5.56 Å². The molecule has 0 saturated carbocycles. The maximum atomic E-state index is 12.2. The molecule has 0 amide bonds. The molecular formula is C12H12ClN3O2S2. The van der Waals surface area contributed by atoms with Crippen LogP contribution in [0.5, 0.6) is 0 Å². The van der Waals surface area contributed by atoms with Crippen LogP contribution < -0.4 is 5.73 Å². The molecule has 0 fully saturated rings. The number of rotatable bonds is 5. The van der Waals surface area contributed by atoms with Crippen molar-refractivity contribution in [3.05, 3.63) is 47.2 Å². The van der Waals surface area contributed by atoms with E-state index in [1.807, 2.05) is 0 Å². The smallest absolute Gasteiger partial charge is 0.180 e. The second kappa shape index (κ2) is 5.90. The van der Waals surface area contributed by atoms with Crippen LogP contribution in [0.25, 0.3) is 0 Å². The summed E-state index contributed by atoms with van der Waals surface area (Å²) in [4.78, 5) is 0.468. The molecular weight excluding hydrogens is 318 g/mol. The van der Waals surface area contributed by atoms with Crippen LogP contribution in [-0.4, -0.2) is 28.9 Å². The number of hydrogen-bond donors (Lipinski definition) is 1. The van der Waals surface area contributed by atoms with Gasteiger partial charge >= 0.3 is 0 Å². The van der Waals surface area contributed by atoms with E-state index in [2.05, 4.69) is 5.10 Å². The molecule has 20 heavy (non-hydrogen) atoms. The molecule has 0 aliphatic rings. The largest absolute Gasteiger partial charge is 0.389 e. The number of benzene rings is 1. The monoisotopic (exact) mass is 329 g/mol. The Labute approximate surface area is 127 Å². The van der Waals surface area contributed by atoms with Crippen molar-refractivity contribution in [3.8, 4) is 0 Å². The van der Waals surface area contributed by atoms with Crippen molar-refractivity contribution in [1.29, 1.82) is 0 Å². The maximum Gasteiger partial charge on any atom is 0.180 e. The van der Waals surface area contributed by atoms with E-state index in [1.54, 1.807) is 18.3 Å². The SMILES string of the molecule is NC(=S)c1ccc(S(=O)(=O)CCn2cc(Cl)cn2)cc1. The lowest BCUT2D eigenvalue weighted by Crippen LogP contribution is -2.14. The van der Waals surface area contributed by atoms with Gasteiger partial charge < -0.3 is 5.73 Å². The lowest BCUT2D eigenvalue weighted by atomic mass is 10.2.